The lowest BCUT2D eigenvalue weighted by molar-refractivity contribution is -0.152. The molecule has 4 aliphatic carbocycles. The molecular weight excluding hydrogens is 392 g/mol. The Morgan fingerprint density at radius 2 is 1.69 bits per heavy atom. The number of carbonyl (C=O) groups excluding carboxylic acids is 1. The van der Waals surface area contributed by atoms with Crippen LogP contribution in [0.1, 0.15) is 113 Å². The molecule has 3 saturated carbocycles. The lowest BCUT2D eigenvalue weighted by atomic mass is 9.47. The zero-order chi connectivity index (χ0) is 23.3. The molecule has 6 unspecified atom stereocenters. The highest BCUT2D eigenvalue weighted by molar-refractivity contribution is 5.66. The summed E-state index contributed by atoms with van der Waals surface area (Å²) in [6.45, 7) is 16.6. The predicted molar refractivity (Wildman–Crippen MR) is 133 cm³/mol. The molecule has 0 aromatic heterocycles. The maximum atomic E-state index is 11.5. The summed E-state index contributed by atoms with van der Waals surface area (Å²) >= 11 is 0. The zero-order valence-electron chi connectivity index (χ0n) is 22.1. The van der Waals surface area contributed by atoms with Crippen LogP contribution in [0, 0.1) is 52.3 Å². The number of hydrogen-bond donors (Lipinski definition) is 0. The summed E-state index contributed by atoms with van der Waals surface area (Å²) in [6.07, 6.45) is 15.9. The van der Waals surface area contributed by atoms with Crippen molar-refractivity contribution in [3.8, 4) is 0 Å². The molecule has 3 fully saturated rings. The molecule has 32 heavy (non-hydrogen) atoms. The Morgan fingerprint density at radius 3 is 2.38 bits per heavy atom. The monoisotopic (exact) mass is 442 g/mol. The van der Waals surface area contributed by atoms with Gasteiger partial charge in [-0.05, 0) is 104 Å². The van der Waals surface area contributed by atoms with E-state index in [1.807, 2.05) is 5.57 Å². The SMILES string of the molecule is CC(=O)OC1CC[C@]2(C)C(CC=C3C4CCC([C@H](C)CC[C@H](C)C(C)C)C4(C)CCC32)C1. The highest BCUT2D eigenvalue weighted by Gasteiger charge is 2.58. The fourth-order valence-electron chi connectivity index (χ4n) is 8.85. The van der Waals surface area contributed by atoms with Crippen LogP contribution in [0.5, 0.6) is 0 Å². The number of rotatable bonds is 6. The van der Waals surface area contributed by atoms with Crippen LogP contribution in [0.15, 0.2) is 11.6 Å². The van der Waals surface area contributed by atoms with Gasteiger partial charge in [-0.2, -0.15) is 0 Å². The summed E-state index contributed by atoms with van der Waals surface area (Å²) in [7, 11) is 0. The van der Waals surface area contributed by atoms with Crippen molar-refractivity contribution in [2.75, 3.05) is 0 Å². The number of fused-ring (bicyclic) bond motifs is 5. The van der Waals surface area contributed by atoms with Gasteiger partial charge in [0, 0.05) is 6.92 Å². The van der Waals surface area contributed by atoms with Crippen LogP contribution in [0.2, 0.25) is 0 Å². The number of esters is 1. The van der Waals surface area contributed by atoms with Gasteiger partial charge < -0.3 is 4.74 Å². The van der Waals surface area contributed by atoms with Crippen LogP contribution in [0.4, 0.5) is 0 Å². The number of allylic oxidation sites excluding steroid dienone is 2. The van der Waals surface area contributed by atoms with Gasteiger partial charge in [-0.15, -0.1) is 0 Å². The van der Waals surface area contributed by atoms with Crippen LogP contribution >= 0.6 is 0 Å². The Hall–Kier alpha value is -0.790. The predicted octanol–water partition coefficient (Wildman–Crippen LogP) is 8.21. The zero-order valence-corrected chi connectivity index (χ0v) is 22.1. The third-order valence-electron chi connectivity index (χ3n) is 11.3. The van der Waals surface area contributed by atoms with Crippen molar-refractivity contribution in [1.29, 1.82) is 0 Å². The molecule has 4 aliphatic rings. The summed E-state index contributed by atoms with van der Waals surface area (Å²) < 4.78 is 5.64. The molecule has 0 saturated heterocycles. The van der Waals surface area contributed by atoms with Gasteiger partial charge >= 0.3 is 5.97 Å². The normalized spacial score (nSPS) is 43.0. The van der Waals surface area contributed by atoms with Crippen LogP contribution in [-0.4, -0.2) is 12.1 Å². The first-order valence-corrected chi connectivity index (χ1v) is 13.9. The van der Waals surface area contributed by atoms with Gasteiger partial charge in [-0.1, -0.05) is 66.0 Å². The first kappa shape index (κ1) is 24.3. The molecule has 0 amide bonds. The minimum atomic E-state index is -0.104. The molecule has 0 heterocycles. The van der Waals surface area contributed by atoms with E-state index in [4.69, 9.17) is 4.74 Å². The van der Waals surface area contributed by atoms with E-state index >= 15 is 0 Å². The van der Waals surface area contributed by atoms with Crippen LogP contribution < -0.4 is 0 Å². The molecule has 0 aromatic carbocycles. The van der Waals surface area contributed by atoms with Crippen LogP contribution in [-0.2, 0) is 9.53 Å². The van der Waals surface area contributed by atoms with Crippen molar-refractivity contribution >= 4 is 5.97 Å². The average molecular weight is 443 g/mol. The van der Waals surface area contributed by atoms with Crippen molar-refractivity contribution < 1.29 is 9.53 Å². The van der Waals surface area contributed by atoms with Crippen molar-refractivity contribution in [3.05, 3.63) is 11.6 Å². The second-order valence-electron chi connectivity index (χ2n) is 13.3. The molecule has 0 aromatic rings. The third-order valence-corrected chi connectivity index (χ3v) is 11.3. The summed E-state index contributed by atoms with van der Waals surface area (Å²) in [5, 5.41) is 0. The first-order valence-electron chi connectivity index (χ1n) is 13.9. The number of hydrogen-bond acceptors (Lipinski definition) is 2. The number of carbonyl (C=O) groups is 1. The number of ether oxygens (including phenoxy) is 1. The fraction of sp³-hybridized carbons (Fsp3) is 0.900. The van der Waals surface area contributed by atoms with Gasteiger partial charge in [0.2, 0.25) is 0 Å². The summed E-state index contributed by atoms with van der Waals surface area (Å²) in [6, 6.07) is 0. The summed E-state index contributed by atoms with van der Waals surface area (Å²) in [4.78, 5) is 11.5. The minimum absolute atomic E-state index is 0.104. The van der Waals surface area contributed by atoms with Crippen LogP contribution in [0.25, 0.3) is 0 Å². The maximum absolute atomic E-state index is 11.5. The van der Waals surface area contributed by atoms with E-state index in [0.29, 0.717) is 16.7 Å². The highest BCUT2D eigenvalue weighted by atomic mass is 16.5. The van der Waals surface area contributed by atoms with Gasteiger partial charge in [0.1, 0.15) is 6.10 Å². The second kappa shape index (κ2) is 9.10. The fourth-order valence-corrected chi connectivity index (χ4v) is 8.85. The molecule has 0 radical (unpaired) electrons. The quantitative estimate of drug-likeness (QED) is 0.306. The molecule has 182 valence electrons. The maximum Gasteiger partial charge on any atom is 0.302 e. The molecule has 9 atom stereocenters. The Kier molecular flexibility index (Phi) is 6.92. The molecule has 0 N–H and O–H groups in total. The van der Waals surface area contributed by atoms with Gasteiger partial charge in [0.05, 0.1) is 0 Å². The van der Waals surface area contributed by atoms with E-state index in [1.54, 1.807) is 6.92 Å². The standard InChI is InChI=1S/C30H50O2/c1-19(2)20(3)8-9-21(4)26-12-13-27-25-11-10-23-18-24(32-22(5)31)14-16-29(23,6)28(25)15-17-30(26,27)7/h11,19-21,23-24,26-28H,8-10,12-18H2,1-7H3/t20-,21+,23?,24?,26?,27?,28?,29+,30?/m0/s1. The highest BCUT2D eigenvalue weighted by Crippen LogP contribution is 2.67. The van der Waals surface area contributed by atoms with E-state index in [1.165, 1.54) is 51.4 Å². The topological polar surface area (TPSA) is 26.3 Å². The lowest BCUT2D eigenvalue weighted by Gasteiger charge is -2.58. The van der Waals surface area contributed by atoms with Gasteiger partial charge in [-0.25, -0.2) is 0 Å². The lowest BCUT2D eigenvalue weighted by Crippen LogP contribution is -2.50. The third kappa shape index (κ3) is 4.22. The summed E-state index contributed by atoms with van der Waals surface area (Å²) in [5.41, 5.74) is 2.79. The van der Waals surface area contributed by atoms with Crippen molar-refractivity contribution in [2.45, 2.75) is 119 Å². The summed E-state index contributed by atoms with van der Waals surface area (Å²) in [5.74, 6) is 5.58. The Balaban J connectivity index is 1.47. The minimum Gasteiger partial charge on any atom is -0.463 e. The van der Waals surface area contributed by atoms with Gasteiger partial charge in [0.15, 0.2) is 0 Å². The molecule has 0 bridgehead atoms. The van der Waals surface area contributed by atoms with Crippen molar-refractivity contribution in [1.82, 2.24) is 0 Å². The second-order valence-corrected chi connectivity index (χ2v) is 13.3. The molecule has 2 nitrogen and oxygen atoms in total. The molecular formula is C30H50O2. The first-order chi connectivity index (χ1) is 15.1. The Morgan fingerprint density at radius 1 is 1.00 bits per heavy atom. The van der Waals surface area contributed by atoms with Gasteiger partial charge in [-0.3, -0.25) is 4.79 Å². The molecule has 4 rings (SSSR count). The molecule has 0 aliphatic heterocycles. The van der Waals surface area contributed by atoms with Crippen LogP contribution in [0.3, 0.4) is 0 Å². The van der Waals surface area contributed by atoms with E-state index in [0.717, 1.165) is 48.3 Å². The van der Waals surface area contributed by atoms with E-state index < -0.39 is 0 Å². The van der Waals surface area contributed by atoms with Crippen molar-refractivity contribution in [3.63, 3.8) is 0 Å². The smallest absolute Gasteiger partial charge is 0.302 e. The average Bonchev–Trinajstić information content (AvgIpc) is 3.08. The van der Waals surface area contributed by atoms with Gasteiger partial charge in [0.25, 0.3) is 0 Å². The molecule has 2 heteroatoms. The van der Waals surface area contributed by atoms with E-state index in [-0.39, 0.29) is 12.1 Å². The van der Waals surface area contributed by atoms with Crippen molar-refractivity contribution in [2.24, 2.45) is 52.3 Å². The van der Waals surface area contributed by atoms with E-state index in [9.17, 15) is 4.79 Å². The Bertz CT molecular complexity index is 722. The molecule has 0 spiro atoms. The largest absolute Gasteiger partial charge is 0.463 e. The Labute approximate surface area is 198 Å². The van der Waals surface area contributed by atoms with E-state index in [2.05, 4.69) is 47.6 Å².